The summed E-state index contributed by atoms with van der Waals surface area (Å²) >= 11 is 0. The van der Waals surface area contributed by atoms with E-state index in [0.717, 1.165) is 10.5 Å². The zero-order valence-corrected chi connectivity index (χ0v) is 27.1. The maximum atomic E-state index is 13.2. The lowest BCUT2D eigenvalue weighted by molar-refractivity contribution is -0.148. The molecule has 0 radical (unpaired) electrons. The largest absolute Gasteiger partial charge is 0.481 e. The molecule has 2 aromatic rings. The average Bonchev–Trinajstić information content (AvgIpc) is 3.51. The molecule has 7 N–H and O–H groups in total. The Kier molecular flexibility index (Phi) is 13.4. The molecule has 0 aliphatic carbocycles. The summed E-state index contributed by atoms with van der Waals surface area (Å²) in [5.41, 5.74) is 2.66. The molecule has 1 heterocycles. The molecule has 3 atom stereocenters. The Morgan fingerprint density at radius 2 is 1.56 bits per heavy atom. The van der Waals surface area contributed by atoms with Crippen LogP contribution in [0.2, 0.25) is 0 Å². The normalized spacial score (nSPS) is 15.2. The van der Waals surface area contributed by atoms with Crippen molar-refractivity contribution in [2.75, 3.05) is 23.7 Å². The number of urea groups is 1. The third kappa shape index (κ3) is 11.4. The minimum atomic E-state index is -1.56. The molecule has 15 nitrogen and oxygen atoms in total. The van der Waals surface area contributed by atoms with Gasteiger partial charge in [-0.2, -0.15) is 0 Å². The van der Waals surface area contributed by atoms with Crippen molar-refractivity contribution in [1.82, 2.24) is 20.9 Å². The molecule has 1 aliphatic rings. The van der Waals surface area contributed by atoms with Gasteiger partial charge in [0, 0.05) is 17.9 Å². The van der Waals surface area contributed by atoms with Gasteiger partial charge >= 0.3 is 18.0 Å². The molecular weight excluding hydrogens is 624 g/mol. The van der Waals surface area contributed by atoms with E-state index >= 15 is 0 Å². The highest BCUT2D eigenvalue weighted by Gasteiger charge is 2.35. The van der Waals surface area contributed by atoms with E-state index in [-0.39, 0.29) is 31.7 Å². The number of carbonyl (C=O) groups is 7. The van der Waals surface area contributed by atoms with Gasteiger partial charge in [0.1, 0.15) is 18.1 Å². The van der Waals surface area contributed by atoms with E-state index < -0.39 is 72.7 Å². The summed E-state index contributed by atoms with van der Waals surface area (Å²) in [7, 11) is 0. The highest BCUT2D eigenvalue weighted by Crippen LogP contribution is 2.18. The SMILES string of the molecule is Cc1ccccc1NC(=O)Nc1ccc(CC(=O)N[C@@H](CC(C)C)C(=O)N[C@@H](CC(=O)O)C(=O)NCC(=O)N2CCC[C@@H]2C(=O)O)cc1. The van der Waals surface area contributed by atoms with E-state index in [0.29, 0.717) is 23.4 Å². The van der Waals surface area contributed by atoms with Gasteiger partial charge in [-0.1, -0.05) is 44.2 Å². The number of likely N-dealkylation sites (tertiary alicyclic amines) is 1. The predicted octanol–water partition coefficient (Wildman–Crippen LogP) is 1.86. The molecule has 1 saturated heterocycles. The van der Waals surface area contributed by atoms with Crippen LogP contribution in [0.1, 0.15) is 50.7 Å². The zero-order valence-electron chi connectivity index (χ0n) is 27.1. The third-order valence-electron chi connectivity index (χ3n) is 7.61. The Morgan fingerprint density at radius 3 is 2.19 bits per heavy atom. The summed E-state index contributed by atoms with van der Waals surface area (Å²) in [5.74, 6) is -5.48. The second-order valence-corrected chi connectivity index (χ2v) is 12.0. The van der Waals surface area contributed by atoms with Crippen LogP contribution in [0.25, 0.3) is 0 Å². The minimum Gasteiger partial charge on any atom is -0.481 e. The fraction of sp³-hybridized carbons (Fsp3) is 0.424. The van der Waals surface area contributed by atoms with Crippen molar-refractivity contribution in [2.24, 2.45) is 5.92 Å². The number of nitrogens with zero attached hydrogens (tertiary/aromatic N) is 1. The number of para-hydroxylation sites is 1. The lowest BCUT2D eigenvalue weighted by Gasteiger charge is -2.24. The number of carboxylic acid groups (broad SMARTS) is 2. The molecule has 1 fully saturated rings. The second kappa shape index (κ2) is 17.4. The van der Waals surface area contributed by atoms with Crippen molar-refractivity contribution in [3.63, 3.8) is 0 Å². The highest BCUT2D eigenvalue weighted by molar-refractivity contribution is 6.00. The van der Waals surface area contributed by atoms with Crippen LogP contribution in [0.3, 0.4) is 0 Å². The van der Waals surface area contributed by atoms with Gasteiger partial charge in [0.15, 0.2) is 0 Å². The van der Waals surface area contributed by atoms with Crippen LogP contribution < -0.4 is 26.6 Å². The van der Waals surface area contributed by atoms with Crippen molar-refractivity contribution >= 4 is 53.0 Å². The van der Waals surface area contributed by atoms with Gasteiger partial charge in [0.2, 0.25) is 23.6 Å². The number of hydrogen-bond donors (Lipinski definition) is 7. The summed E-state index contributed by atoms with van der Waals surface area (Å²) in [6.07, 6.45) is 0.0622. The summed E-state index contributed by atoms with van der Waals surface area (Å²) in [4.78, 5) is 88.0. The smallest absolute Gasteiger partial charge is 0.326 e. The molecule has 2 aromatic carbocycles. The molecule has 6 amide bonds. The lowest BCUT2D eigenvalue weighted by Crippen LogP contribution is -2.55. The van der Waals surface area contributed by atoms with Gasteiger partial charge in [0.05, 0.1) is 19.4 Å². The van der Waals surface area contributed by atoms with Crippen molar-refractivity contribution < 1.29 is 43.8 Å². The topological polar surface area (TPSA) is 223 Å². The molecule has 0 bridgehead atoms. The van der Waals surface area contributed by atoms with Crippen LogP contribution >= 0.6 is 0 Å². The fourth-order valence-corrected chi connectivity index (χ4v) is 5.20. The van der Waals surface area contributed by atoms with Gasteiger partial charge in [-0.3, -0.25) is 24.0 Å². The van der Waals surface area contributed by atoms with Gasteiger partial charge in [0.25, 0.3) is 0 Å². The number of nitrogens with one attached hydrogen (secondary N) is 5. The van der Waals surface area contributed by atoms with Gasteiger partial charge < -0.3 is 41.7 Å². The number of aliphatic carboxylic acids is 2. The van der Waals surface area contributed by atoms with Gasteiger partial charge in [-0.15, -0.1) is 0 Å². The van der Waals surface area contributed by atoms with Crippen molar-refractivity contribution in [3.05, 3.63) is 59.7 Å². The molecule has 48 heavy (non-hydrogen) atoms. The Hall–Kier alpha value is -5.47. The number of aryl methyl sites for hydroxylation is 1. The number of anilines is 2. The number of hydrogen-bond acceptors (Lipinski definition) is 7. The number of rotatable bonds is 15. The molecular formula is C33H42N6O9. The molecule has 0 saturated carbocycles. The van der Waals surface area contributed by atoms with Crippen LogP contribution in [-0.2, 0) is 35.2 Å². The summed E-state index contributed by atoms with van der Waals surface area (Å²) < 4.78 is 0. The molecule has 3 rings (SSSR count). The Balaban J connectivity index is 1.57. The van der Waals surface area contributed by atoms with E-state index in [4.69, 9.17) is 0 Å². The lowest BCUT2D eigenvalue weighted by atomic mass is 10.0. The molecule has 1 aliphatic heterocycles. The first kappa shape index (κ1) is 37.0. The average molecular weight is 667 g/mol. The van der Waals surface area contributed by atoms with Gasteiger partial charge in [-0.25, -0.2) is 9.59 Å². The van der Waals surface area contributed by atoms with Crippen LogP contribution in [0.15, 0.2) is 48.5 Å². The molecule has 0 unspecified atom stereocenters. The quantitative estimate of drug-likeness (QED) is 0.147. The number of amides is 6. The Labute approximate surface area is 277 Å². The van der Waals surface area contributed by atoms with Crippen molar-refractivity contribution in [2.45, 2.75) is 71.0 Å². The van der Waals surface area contributed by atoms with Crippen LogP contribution in [0, 0.1) is 12.8 Å². The highest BCUT2D eigenvalue weighted by atomic mass is 16.4. The standard InChI is InChI=1S/C33H42N6O9/c1-19(2)15-24(31(45)37-25(17-29(42)43)30(44)34-18-28(41)39-14-6-9-26(39)32(46)47)36-27(40)16-21-10-12-22(13-11-21)35-33(48)38-23-8-5-4-7-20(23)3/h4-5,7-8,10-13,19,24-26H,6,9,14-18H2,1-3H3,(H,34,44)(H,36,40)(H,37,45)(H,42,43)(H,46,47)(H2,35,38,48)/t24-,25-,26+/m0/s1. The van der Waals surface area contributed by atoms with E-state index in [1.807, 2.05) is 39.0 Å². The minimum absolute atomic E-state index is 0.0655. The first-order valence-corrected chi connectivity index (χ1v) is 15.6. The maximum Gasteiger partial charge on any atom is 0.326 e. The number of carboxylic acids is 2. The van der Waals surface area contributed by atoms with E-state index in [2.05, 4.69) is 26.6 Å². The van der Waals surface area contributed by atoms with E-state index in [1.54, 1.807) is 30.3 Å². The van der Waals surface area contributed by atoms with Crippen molar-refractivity contribution in [1.29, 1.82) is 0 Å². The first-order chi connectivity index (χ1) is 22.7. The van der Waals surface area contributed by atoms with Crippen molar-refractivity contribution in [3.8, 4) is 0 Å². The molecule has 258 valence electrons. The van der Waals surface area contributed by atoms with E-state index in [9.17, 15) is 43.8 Å². The van der Waals surface area contributed by atoms with Crippen LogP contribution in [0.5, 0.6) is 0 Å². The summed E-state index contributed by atoms with van der Waals surface area (Å²) in [5, 5.41) is 31.5. The number of benzene rings is 2. The monoisotopic (exact) mass is 666 g/mol. The third-order valence-corrected chi connectivity index (χ3v) is 7.61. The predicted molar refractivity (Wildman–Crippen MR) is 175 cm³/mol. The first-order valence-electron chi connectivity index (χ1n) is 15.6. The van der Waals surface area contributed by atoms with Gasteiger partial charge in [-0.05, 0) is 61.4 Å². The van der Waals surface area contributed by atoms with Crippen LogP contribution in [-0.4, -0.2) is 87.9 Å². The zero-order chi connectivity index (χ0) is 35.4. The van der Waals surface area contributed by atoms with E-state index in [1.165, 1.54) is 0 Å². The van der Waals surface area contributed by atoms with Crippen LogP contribution in [0.4, 0.5) is 16.2 Å². The fourth-order valence-electron chi connectivity index (χ4n) is 5.20. The summed E-state index contributed by atoms with van der Waals surface area (Å²) in [6.45, 7) is 5.15. The Morgan fingerprint density at radius 1 is 0.875 bits per heavy atom. The Bertz CT molecular complexity index is 1510. The maximum absolute atomic E-state index is 13.2. The number of carbonyl (C=O) groups excluding carboxylic acids is 5. The molecule has 15 heteroatoms. The second-order valence-electron chi connectivity index (χ2n) is 12.0. The summed E-state index contributed by atoms with van der Waals surface area (Å²) in [6, 6.07) is 9.78. The molecule has 0 spiro atoms. The molecule has 0 aromatic heterocycles.